The number of rotatable bonds is 8. The van der Waals surface area contributed by atoms with Crippen LogP contribution in [-0.2, 0) is 21.6 Å². The second-order valence-electron chi connectivity index (χ2n) is 8.64. The summed E-state index contributed by atoms with van der Waals surface area (Å²) in [4.78, 5) is 14.6. The molecule has 3 aromatic carbocycles. The molecule has 1 aliphatic rings. The molecule has 0 amide bonds. The molecule has 4 heteroatoms. The predicted molar refractivity (Wildman–Crippen MR) is 134 cm³/mol. The van der Waals surface area contributed by atoms with E-state index in [0.29, 0.717) is 12.3 Å². The van der Waals surface area contributed by atoms with Crippen molar-refractivity contribution in [3.8, 4) is 0 Å². The first-order valence-electron chi connectivity index (χ1n) is 11.5. The van der Waals surface area contributed by atoms with E-state index < -0.39 is 11.6 Å². The third-order valence-electron chi connectivity index (χ3n) is 6.42. The SMILES string of the molecule is CCC(C)c1ccccc1SC1=C(O)CC(CCc2ccccc2)(c2ccccc2)OC1=O. The summed E-state index contributed by atoms with van der Waals surface area (Å²) in [6.07, 6.45) is 2.61. The maximum atomic E-state index is 13.3. The summed E-state index contributed by atoms with van der Waals surface area (Å²) in [6.45, 7) is 4.33. The van der Waals surface area contributed by atoms with Gasteiger partial charge >= 0.3 is 5.97 Å². The van der Waals surface area contributed by atoms with Crippen molar-refractivity contribution in [2.75, 3.05) is 0 Å². The van der Waals surface area contributed by atoms with Crippen LogP contribution in [-0.4, -0.2) is 11.1 Å². The lowest BCUT2D eigenvalue weighted by Crippen LogP contribution is -2.38. The summed E-state index contributed by atoms with van der Waals surface area (Å²) >= 11 is 1.32. The van der Waals surface area contributed by atoms with Crippen LogP contribution in [0, 0.1) is 0 Å². The minimum atomic E-state index is -0.890. The molecule has 0 spiro atoms. The molecule has 1 N–H and O–H groups in total. The summed E-state index contributed by atoms with van der Waals surface area (Å²) < 4.78 is 6.19. The largest absolute Gasteiger partial charge is 0.511 e. The van der Waals surface area contributed by atoms with Crippen LogP contribution in [0.15, 0.2) is 100 Å². The molecular weight excluding hydrogens is 428 g/mol. The Labute approximate surface area is 200 Å². The molecule has 1 heterocycles. The summed E-state index contributed by atoms with van der Waals surface area (Å²) in [6, 6.07) is 28.0. The summed E-state index contributed by atoms with van der Waals surface area (Å²) in [5.74, 6) is 0.0112. The van der Waals surface area contributed by atoms with Gasteiger partial charge in [0.2, 0.25) is 0 Å². The lowest BCUT2D eigenvalue weighted by molar-refractivity contribution is -0.160. The third kappa shape index (κ3) is 5.17. The van der Waals surface area contributed by atoms with Crippen LogP contribution in [0.1, 0.15) is 55.7 Å². The first kappa shape index (κ1) is 23.2. The van der Waals surface area contributed by atoms with E-state index in [9.17, 15) is 9.90 Å². The summed E-state index contributed by atoms with van der Waals surface area (Å²) in [5, 5.41) is 11.1. The van der Waals surface area contributed by atoms with Gasteiger partial charge < -0.3 is 9.84 Å². The Morgan fingerprint density at radius 2 is 1.61 bits per heavy atom. The molecule has 33 heavy (non-hydrogen) atoms. The number of aliphatic hydroxyl groups is 1. The maximum absolute atomic E-state index is 13.3. The van der Waals surface area contributed by atoms with Crippen molar-refractivity contribution >= 4 is 17.7 Å². The van der Waals surface area contributed by atoms with Crippen molar-refractivity contribution in [1.29, 1.82) is 0 Å². The Bertz CT molecular complexity index is 1120. The first-order valence-corrected chi connectivity index (χ1v) is 12.4. The molecule has 0 fully saturated rings. The van der Waals surface area contributed by atoms with Crippen LogP contribution in [0.4, 0.5) is 0 Å². The van der Waals surface area contributed by atoms with Crippen LogP contribution < -0.4 is 0 Å². The van der Waals surface area contributed by atoms with Gasteiger partial charge in [0.05, 0.1) is 6.42 Å². The van der Waals surface area contributed by atoms with Crippen LogP contribution in [0.2, 0.25) is 0 Å². The van der Waals surface area contributed by atoms with E-state index >= 15 is 0 Å². The van der Waals surface area contributed by atoms with Crippen molar-refractivity contribution in [2.24, 2.45) is 0 Å². The maximum Gasteiger partial charge on any atom is 0.349 e. The number of hydrogen-bond donors (Lipinski definition) is 1. The summed E-state index contributed by atoms with van der Waals surface area (Å²) in [5.41, 5.74) is 2.38. The lowest BCUT2D eigenvalue weighted by Gasteiger charge is -2.37. The lowest BCUT2D eigenvalue weighted by atomic mass is 9.82. The predicted octanol–water partition coefficient (Wildman–Crippen LogP) is 7.54. The van der Waals surface area contributed by atoms with E-state index in [1.165, 1.54) is 22.9 Å². The number of aryl methyl sites for hydroxylation is 1. The Kier molecular flexibility index (Phi) is 7.24. The second-order valence-corrected chi connectivity index (χ2v) is 9.69. The van der Waals surface area contributed by atoms with Gasteiger partial charge in [0.25, 0.3) is 0 Å². The van der Waals surface area contributed by atoms with Crippen molar-refractivity contribution in [2.45, 2.75) is 55.9 Å². The standard InChI is InChI=1S/C29H30O3S/c1-3-21(2)24-16-10-11-17-26(24)33-27-25(30)20-29(32-28(27)31,23-14-8-5-9-15-23)19-18-22-12-6-4-7-13-22/h4-17,21,30H,3,18-20H2,1-2H3. The number of benzene rings is 3. The highest BCUT2D eigenvalue weighted by Gasteiger charge is 2.43. The molecule has 0 saturated carbocycles. The Morgan fingerprint density at radius 1 is 0.970 bits per heavy atom. The van der Waals surface area contributed by atoms with E-state index in [1.807, 2.05) is 66.7 Å². The molecule has 3 aromatic rings. The van der Waals surface area contributed by atoms with Gasteiger partial charge in [-0.3, -0.25) is 0 Å². The van der Waals surface area contributed by atoms with Crippen LogP contribution in [0.3, 0.4) is 0 Å². The van der Waals surface area contributed by atoms with E-state index in [0.717, 1.165) is 23.3 Å². The van der Waals surface area contributed by atoms with Crippen LogP contribution >= 0.6 is 11.8 Å². The van der Waals surface area contributed by atoms with Gasteiger partial charge in [-0.25, -0.2) is 4.79 Å². The number of carbonyl (C=O) groups excluding carboxylic acids is 1. The zero-order chi connectivity index (χ0) is 23.3. The van der Waals surface area contributed by atoms with E-state index in [4.69, 9.17) is 4.74 Å². The van der Waals surface area contributed by atoms with Gasteiger partial charge in [0.15, 0.2) is 0 Å². The van der Waals surface area contributed by atoms with Gasteiger partial charge in [-0.2, -0.15) is 0 Å². The Hall–Kier alpha value is -2.98. The first-order chi connectivity index (χ1) is 16.0. The zero-order valence-electron chi connectivity index (χ0n) is 19.2. The van der Waals surface area contributed by atoms with E-state index in [2.05, 4.69) is 32.0 Å². The van der Waals surface area contributed by atoms with Gasteiger partial charge in [0.1, 0.15) is 16.3 Å². The quantitative estimate of drug-likeness (QED) is 0.354. The molecule has 4 rings (SSSR count). The molecule has 2 unspecified atom stereocenters. The fourth-order valence-electron chi connectivity index (χ4n) is 4.32. The fourth-order valence-corrected chi connectivity index (χ4v) is 5.39. The molecule has 0 radical (unpaired) electrons. The highest BCUT2D eigenvalue weighted by atomic mass is 32.2. The molecular formula is C29H30O3S. The number of ether oxygens (including phenoxy) is 1. The van der Waals surface area contributed by atoms with Crippen LogP contribution in [0.5, 0.6) is 0 Å². The number of thioether (sulfide) groups is 1. The zero-order valence-corrected chi connectivity index (χ0v) is 20.0. The number of aliphatic hydroxyl groups excluding tert-OH is 1. The summed E-state index contributed by atoms with van der Waals surface area (Å²) in [7, 11) is 0. The van der Waals surface area contributed by atoms with Crippen molar-refractivity contribution in [1.82, 2.24) is 0 Å². The van der Waals surface area contributed by atoms with Crippen LogP contribution in [0.25, 0.3) is 0 Å². The molecule has 0 bridgehead atoms. The van der Waals surface area contributed by atoms with E-state index in [1.54, 1.807) is 0 Å². The third-order valence-corrected chi connectivity index (χ3v) is 7.62. The molecule has 3 nitrogen and oxygen atoms in total. The van der Waals surface area contributed by atoms with Gasteiger partial charge in [-0.05, 0) is 47.9 Å². The highest BCUT2D eigenvalue weighted by molar-refractivity contribution is 8.04. The van der Waals surface area contributed by atoms with Crippen molar-refractivity contribution in [3.63, 3.8) is 0 Å². The molecule has 170 valence electrons. The molecule has 2 atom stereocenters. The average molecular weight is 459 g/mol. The Balaban J connectivity index is 1.65. The second kappa shape index (κ2) is 10.3. The molecule has 1 aliphatic heterocycles. The van der Waals surface area contributed by atoms with Crippen molar-refractivity contribution in [3.05, 3.63) is 112 Å². The number of carbonyl (C=O) groups is 1. The molecule has 0 saturated heterocycles. The highest BCUT2D eigenvalue weighted by Crippen LogP contribution is 2.46. The van der Waals surface area contributed by atoms with Gasteiger partial charge in [-0.1, -0.05) is 104 Å². The van der Waals surface area contributed by atoms with Crippen molar-refractivity contribution < 1.29 is 14.6 Å². The normalized spacial score (nSPS) is 19.3. The Morgan fingerprint density at radius 3 is 2.27 bits per heavy atom. The van der Waals surface area contributed by atoms with Gasteiger partial charge in [0, 0.05) is 4.90 Å². The number of cyclic esters (lactones) is 1. The monoisotopic (exact) mass is 458 g/mol. The molecule has 0 aliphatic carbocycles. The van der Waals surface area contributed by atoms with Gasteiger partial charge in [-0.15, -0.1) is 0 Å². The average Bonchev–Trinajstić information content (AvgIpc) is 2.86. The van der Waals surface area contributed by atoms with E-state index in [-0.39, 0.29) is 17.1 Å². The fraction of sp³-hybridized carbons (Fsp3) is 0.276. The minimum Gasteiger partial charge on any atom is -0.511 e. The molecule has 0 aromatic heterocycles. The number of hydrogen-bond acceptors (Lipinski definition) is 4. The smallest absolute Gasteiger partial charge is 0.349 e. The minimum absolute atomic E-state index is 0.104. The topological polar surface area (TPSA) is 46.5 Å². The number of esters is 1.